The van der Waals surface area contributed by atoms with Crippen LogP contribution in [0.3, 0.4) is 0 Å². The molecular formula is C10H8LiNO3. The van der Waals surface area contributed by atoms with Crippen LogP contribution in [-0.4, -0.2) is 11.9 Å². The summed E-state index contributed by atoms with van der Waals surface area (Å²) in [5.74, 6) is -1.59. The van der Waals surface area contributed by atoms with Crippen LogP contribution < -0.4 is 29.3 Å². The fourth-order valence-corrected chi connectivity index (χ4v) is 0.883. The molecule has 0 saturated carbocycles. The molecule has 1 aromatic rings. The molecule has 5 heteroatoms. The fourth-order valence-electron chi connectivity index (χ4n) is 0.883. The van der Waals surface area contributed by atoms with Gasteiger partial charge < -0.3 is 15.2 Å². The average molecular weight is 197 g/mol. The predicted molar refractivity (Wildman–Crippen MR) is 49.6 cm³/mol. The third-order valence-electron chi connectivity index (χ3n) is 1.57. The van der Waals surface area contributed by atoms with Crippen LogP contribution in [0.4, 0.5) is 5.69 Å². The first kappa shape index (κ1) is 13.5. The fraction of sp³-hybridized carbons (Fsp3) is 0. The monoisotopic (exact) mass is 197 g/mol. The van der Waals surface area contributed by atoms with Gasteiger partial charge in [-0.25, -0.2) is 0 Å². The number of amides is 1. The summed E-state index contributed by atoms with van der Waals surface area (Å²) in [6, 6.07) is 5.67. The van der Waals surface area contributed by atoms with Crippen molar-refractivity contribution in [2.24, 2.45) is 0 Å². The third kappa shape index (κ3) is 4.02. The van der Waals surface area contributed by atoms with Crippen LogP contribution in [0.2, 0.25) is 0 Å². The van der Waals surface area contributed by atoms with Crippen molar-refractivity contribution >= 4 is 17.6 Å². The van der Waals surface area contributed by atoms with Gasteiger partial charge in [-0.1, -0.05) is 18.7 Å². The summed E-state index contributed by atoms with van der Waals surface area (Å²) in [5.41, 5.74) is 0.585. The smallest absolute Gasteiger partial charge is 0.545 e. The zero-order valence-corrected chi connectivity index (χ0v) is 8.32. The van der Waals surface area contributed by atoms with E-state index in [0.29, 0.717) is 5.69 Å². The molecule has 0 radical (unpaired) electrons. The van der Waals surface area contributed by atoms with Gasteiger partial charge in [0.15, 0.2) is 0 Å². The maximum absolute atomic E-state index is 10.8. The summed E-state index contributed by atoms with van der Waals surface area (Å²) in [4.78, 5) is 21.2. The molecule has 1 N–H and O–H groups in total. The van der Waals surface area contributed by atoms with Gasteiger partial charge in [0.05, 0.1) is 5.97 Å². The number of hydrogen-bond donors (Lipinski definition) is 1. The standard InChI is InChI=1S/C10H9NO3.Li/c1-2-9(12)11-8-5-3-7(4-6-8)10(13)14;/h2-6H,1H2,(H,11,12)(H,13,14);/q;+1/p-1. The summed E-state index contributed by atoms with van der Waals surface area (Å²) in [5, 5.41) is 12.9. The minimum Gasteiger partial charge on any atom is -0.545 e. The zero-order valence-electron chi connectivity index (χ0n) is 8.32. The molecule has 0 fully saturated rings. The van der Waals surface area contributed by atoms with Gasteiger partial charge in [-0.2, -0.15) is 0 Å². The molecule has 0 spiro atoms. The van der Waals surface area contributed by atoms with Crippen LogP contribution >= 0.6 is 0 Å². The molecule has 0 aromatic heterocycles. The van der Waals surface area contributed by atoms with Crippen LogP contribution in [0.5, 0.6) is 0 Å². The summed E-state index contributed by atoms with van der Waals surface area (Å²) in [6.07, 6.45) is 1.13. The number of carboxylic acid groups (broad SMARTS) is 1. The maximum Gasteiger partial charge on any atom is 1.00 e. The molecule has 1 aromatic carbocycles. The van der Waals surface area contributed by atoms with E-state index in [4.69, 9.17) is 0 Å². The number of nitrogens with one attached hydrogen (secondary N) is 1. The van der Waals surface area contributed by atoms with Crippen molar-refractivity contribution in [3.8, 4) is 0 Å². The van der Waals surface area contributed by atoms with Crippen molar-refractivity contribution in [3.63, 3.8) is 0 Å². The number of carbonyl (C=O) groups is 2. The van der Waals surface area contributed by atoms with Crippen molar-refractivity contribution in [2.75, 3.05) is 5.32 Å². The summed E-state index contributed by atoms with van der Waals surface area (Å²) in [7, 11) is 0. The summed E-state index contributed by atoms with van der Waals surface area (Å²) in [6.45, 7) is 3.29. The minimum absolute atomic E-state index is 0. The summed E-state index contributed by atoms with van der Waals surface area (Å²) < 4.78 is 0. The SMILES string of the molecule is C=CC(=O)Nc1ccc(C(=O)[O-])cc1.[Li+]. The van der Waals surface area contributed by atoms with E-state index in [9.17, 15) is 14.7 Å². The van der Waals surface area contributed by atoms with E-state index < -0.39 is 5.97 Å². The van der Waals surface area contributed by atoms with Gasteiger partial charge in [-0.3, -0.25) is 4.79 Å². The van der Waals surface area contributed by atoms with Crippen LogP contribution in [0, 0.1) is 0 Å². The van der Waals surface area contributed by atoms with Crippen LogP contribution in [0.15, 0.2) is 36.9 Å². The Kier molecular flexibility index (Phi) is 5.46. The second kappa shape index (κ2) is 6.07. The molecule has 0 aliphatic rings. The van der Waals surface area contributed by atoms with Gasteiger partial charge in [0, 0.05) is 5.69 Å². The number of benzene rings is 1. The molecule has 1 rings (SSSR count). The van der Waals surface area contributed by atoms with E-state index in [-0.39, 0.29) is 30.3 Å². The molecular weight excluding hydrogens is 189 g/mol. The van der Waals surface area contributed by atoms with Crippen LogP contribution in [0.1, 0.15) is 10.4 Å². The molecule has 4 nitrogen and oxygen atoms in total. The number of carboxylic acids is 1. The second-order valence-electron chi connectivity index (χ2n) is 2.56. The average Bonchev–Trinajstić information content (AvgIpc) is 2.18. The van der Waals surface area contributed by atoms with Gasteiger partial charge in [-0.05, 0) is 23.8 Å². The first-order chi connectivity index (χ1) is 6.63. The quantitative estimate of drug-likeness (QED) is 0.419. The molecule has 72 valence electrons. The van der Waals surface area contributed by atoms with Crippen LogP contribution in [-0.2, 0) is 4.79 Å². The topological polar surface area (TPSA) is 69.2 Å². The van der Waals surface area contributed by atoms with Crippen LogP contribution in [0.25, 0.3) is 0 Å². The number of rotatable bonds is 3. The van der Waals surface area contributed by atoms with Crippen molar-refractivity contribution in [3.05, 3.63) is 42.5 Å². The van der Waals surface area contributed by atoms with Gasteiger partial charge in [-0.15, -0.1) is 0 Å². The van der Waals surface area contributed by atoms with Crippen molar-refractivity contribution in [2.45, 2.75) is 0 Å². The number of aromatic carboxylic acids is 1. The van der Waals surface area contributed by atoms with E-state index in [2.05, 4.69) is 11.9 Å². The van der Waals surface area contributed by atoms with E-state index in [0.717, 1.165) is 6.08 Å². The Morgan fingerprint density at radius 1 is 1.27 bits per heavy atom. The Balaban J connectivity index is 0.00000196. The van der Waals surface area contributed by atoms with E-state index in [1.165, 1.54) is 24.3 Å². The molecule has 0 aliphatic heterocycles. The maximum atomic E-state index is 10.8. The zero-order chi connectivity index (χ0) is 10.6. The Labute approximate surface area is 99.2 Å². The van der Waals surface area contributed by atoms with E-state index in [1.54, 1.807) is 0 Å². The Morgan fingerprint density at radius 3 is 2.20 bits per heavy atom. The van der Waals surface area contributed by atoms with Gasteiger partial charge >= 0.3 is 18.9 Å². The van der Waals surface area contributed by atoms with Crippen molar-refractivity contribution < 1.29 is 33.6 Å². The summed E-state index contributed by atoms with van der Waals surface area (Å²) >= 11 is 0. The molecule has 0 heterocycles. The van der Waals surface area contributed by atoms with Gasteiger partial charge in [0.2, 0.25) is 5.91 Å². The molecule has 15 heavy (non-hydrogen) atoms. The van der Waals surface area contributed by atoms with Crippen molar-refractivity contribution in [1.29, 1.82) is 0 Å². The molecule has 1 amide bonds. The first-order valence-electron chi connectivity index (χ1n) is 3.88. The minimum atomic E-state index is -1.24. The number of carbonyl (C=O) groups excluding carboxylic acids is 2. The molecule has 0 aliphatic carbocycles. The molecule has 0 atom stereocenters. The van der Waals surface area contributed by atoms with Crippen molar-refractivity contribution in [1.82, 2.24) is 0 Å². The largest absolute Gasteiger partial charge is 1.00 e. The molecule has 0 saturated heterocycles. The van der Waals surface area contributed by atoms with Gasteiger partial charge in [0.25, 0.3) is 0 Å². The molecule has 0 bridgehead atoms. The molecule has 0 unspecified atom stereocenters. The Bertz CT molecular complexity index is 373. The predicted octanol–water partition coefficient (Wildman–Crippen LogP) is -2.82. The number of hydrogen-bond acceptors (Lipinski definition) is 3. The second-order valence-corrected chi connectivity index (χ2v) is 2.56. The van der Waals surface area contributed by atoms with E-state index in [1.807, 2.05) is 0 Å². The normalized spacial score (nSPS) is 8.53. The van der Waals surface area contributed by atoms with E-state index >= 15 is 0 Å². The first-order valence-corrected chi connectivity index (χ1v) is 3.88. The number of anilines is 1. The third-order valence-corrected chi connectivity index (χ3v) is 1.57. The Hall–Kier alpha value is -1.50. The Morgan fingerprint density at radius 2 is 1.80 bits per heavy atom. The van der Waals surface area contributed by atoms with Gasteiger partial charge in [0.1, 0.15) is 0 Å².